The number of halogens is 1. The number of carbonyl (C=O) groups excluding carboxylic acids is 3. The van der Waals surface area contributed by atoms with Crippen LogP contribution in [0.3, 0.4) is 0 Å². The highest BCUT2D eigenvalue weighted by Gasteiger charge is 2.13. The lowest BCUT2D eigenvalue weighted by Gasteiger charge is -2.12. The Labute approximate surface area is 167 Å². The number of aldehydes is 1. The van der Waals surface area contributed by atoms with E-state index >= 15 is 0 Å². The summed E-state index contributed by atoms with van der Waals surface area (Å²) in [5.74, 6) is -0.672. The molecular weight excluding hydrogens is 386 g/mol. The third kappa shape index (κ3) is 5.72. The highest BCUT2D eigenvalue weighted by atomic mass is 35.5. The third-order valence-corrected chi connectivity index (χ3v) is 4.03. The Balaban J connectivity index is 1.86. The van der Waals surface area contributed by atoms with Gasteiger partial charge in [-0.25, -0.2) is 4.79 Å². The van der Waals surface area contributed by atoms with Crippen LogP contribution >= 0.6 is 11.6 Å². The van der Waals surface area contributed by atoms with Gasteiger partial charge in [-0.15, -0.1) is 0 Å². The van der Waals surface area contributed by atoms with E-state index in [1.165, 1.54) is 25.3 Å². The van der Waals surface area contributed by atoms with Crippen LogP contribution in [-0.4, -0.2) is 38.5 Å². The van der Waals surface area contributed by atoms with Gasteiger partial charge in [0.05, 0.1) is 17.8 Å². The molecule has 1 N–H and O–H groups in total. The van der Waals surface area contributed by atoms with E-state index in [0.29, 0.717) is 28.3 Å². The SMILES string of the molecule is COc1cc(C=O)ccc1OCC(=O)OCC(=O)Nc1c(C)cc(C)cc1Cl. The van der Waals surface area contributed by atoms with Crippen molar-refractivity contribution in [1.29, 1.82) is 0 Å². The number of amides is 1. The molecule has 0 aliphatic carbocycles. The van der Waals surface area contributed by atoms with Crippen molar-refractivity contribution >= 4 is 35.5 Å². The van der Waals surface area contributed by atoms with Crippen molar-refractivity contribution in [2.45, 2.75) is 13.8 Å². The van der Waals surface area contributed by atoms with E-state index in [2.05, 4.69) is 5.32 Å². The van der Waals surface area contributed by atoms with Gasteiger partial charge < -0.3 is 19.5 Å². The minimum Gasteiger partial charge on any atom is -0.493 e. The maximum absolute atomic E-state index is 12.0. The molecule has 0 unspecified atom stereocenters. The summed E-state index contributed by atoms with van der Waals surface area (Å²) in [5.41, 5.74) is 2.66. The zero-order valence-electron chi connectivity index (χ0n) is 15.7. The van der Waals surface area contributed by atoms with Crippen molar-refractivity contribution in [1.82, 2.24) is 0 Å². The van der Waals surface area contributed by atoms with Crippen LogP contribution < -0.4 is 14.8 Å². The van der Waals surface area contributed by atoms with Gasteiger partial charge in [-0.2, -0.15) is 0 Å². The van der Waals surface area contributed by atoms with Crippen LogP contribution in [0.15, 0.2) is 30.3 Å². The molecule has 0 saturated heterocycles. The first-order valence-electron chi connectivity index (χ1n) is 8.32. The molecule has 2 aromatic carbocycles. The average molecular weight is 406 g/mol. The third-order valence-electron chi connectivity index (χ3n) is 3.73. The maximum Gasteiger partial charge on any atom is 0.344 e. The van der Waals surface area contributed by atoms with E-state index in [1.807, 2.05) is 19.9 Å². The number of nitrogens with one attached hydrogen (secondary N) is 1. The Bertz CT molecular complexity index is 873. The monoisotopic (exact) mass is 405 g/mol. The minimum atomic E-state index is -0.733. The molecule has 0 bridgehead atoms. The Morgan fingerprint density at radius 1 is 1.11 bits per heavy atom. The molecule has 0 atom stereocenters. The second-order valence-corrected chi connectivity index (χ2v) is 6.37. The number of ether oxygens (including phenoxy) is 3. The zero-order chi connectivity index (χ0) is 20.7. The molecule has 8 heteroatoms. The highest BCUT2D eigenvalue weighted by molar-refractivity contribution is 6.34. The van der Waals surface area contributed by atoms with Gasteiger partial charge >= 0.3 is 5.97 Å². The smallest absolute Gasteiger partial charge is 0.344 e. The summed E-state index contributed by atoms with van der Waals surface area (Å²) in [6, 6.07) is 8.12. The summed E-state index contributed by atoms with van der Waals surface area (Å²) in [6.07, 6.45) is 0.668. The number of aryl methyl sites for hydroxylation is 2. The predicted molar refractivity (Wildman–Crippen MR) is 104 cm³/mol. The van der Waals surface area contributed by atoms with Crippen molar-refractivity contribution < 1.29 is 28.6 Å². The molecule has 28 heavy (non-hydrogen) atoms. The lowest BCUT2D eigenvalue weighted by molar-refractivity contribution is -0.149. The van der Waals surface area contributed by atoms with Gasteiger partial charge in [-0.05, 0) is 49.2 Å². The Kier molecular flexibility index (Phi) is 7.40. The maximum atomic E-state index is 12.0. The molecule has 0 fully saturated rings. The van der Waals surface area contributed by atoms with Crippen LogP contribution in [0.2, 0.25) is 5.02 Å². The van der Waals surface area contributed by atoms with Gasteiger partial charge in [0.25, 0.3) is 5.91 Å². The number of esters is 1. The number of hydrogen-bond donors (Lipinski definition) is 1. The molecule has 2 rings (SSSR count). The average Bonchev–Trinajstić information content (AvgIpc) is 2.67. The summed E-state index contributed by atoms with van der Waals surface area (Å²) >= 11 is 6.13. The fraction of sp³-hybridized carbons (Fsp3) is 0.250. The molecule has 0 aliphatic heterocycles. The molecule has 0 heterocycles. The Morgan fingerprint density at radius 2 is 1.86 bits per heavy atom. The van der Waals surface area contributed by atoms with Crippen molar-refractivity contribution in [2.75, 3.05) is 25.6 Å². The fourth-order valence-electron chi connectivity index (χ4n) is 2.45. The van der Waals surface area contributed by atoms with Crippen molar-refractivity contribution in [3.63, 3.8) is 0 Å². The molecule has 148 valence electrons. The summed E-state index contributed by atoms with van der Waals surface area (Å²) in [5, 5.41) is 3.03. The molecule has 7 nitrogen and oxygen atoms in total. The number of carbonyl (C=O) groups is 3. The first kappa shape index (κ1) is 21.2. The van der Waals surface area contributed by atoms with Gasteiger partial charge in [-0.3, -0.25) is 9.59 Å². The number of benzene rings is 2. The van der Waals surface area contributed by atoms with Gasteiger partial charge in [0.2, 0.25) is 0 Å². The van der Waals surface area contributed by atoms with Crippen LogP contribution in [0.5, 0.6) is 11.5 Å². The summed E-state index contributed by atoms with van der Waals surface area (Å²) < 4.78 is 15.3. The van der Waals surface area contributed by atoms with E-state index in [9.17, 15) is 14.4 Å². The lowest BCUT2D eigenvalue weighted by Crippen LogP contribution is -2.24. The summed E-state index contributed by atoms with van der Waals surface area (Å²) in [4.78, 5) is 34.6. The van der Waals surface area contributed by atoms with Gasteiger partial charge in [0, 0.05) is 5.56 Å². The number of rotatable bonds is 8. The van der Waals surface area contributed by atoms with Crippen molar-refractivity contribution in [3.05, 3.63) is 52.0 Å². The minimum absolute atomic E-state index is 0.275. The fourth-order valence-corrected chi connectivity index (χ4v) is 2.82. The first-order chi connectivity index (χ1) is 13.3. The molecule has 0 radical (unpaired) electrons. The molecule has 0 aromatic heterocycles. The van der Waals surface area contributed by atoms with Gasteiger partial charge in [-0.1, -0.05) is 17.7 Å². The summed E-state index contributed by atoms with van der Waals surface area (Å²) in [6.45, 7) is 2.81. The van der Waals surface area contributed by atoms with E-state index < -0.39 is 25.1 Å². The molecule has 2 aromatic rings. The van der Waals surface area contributed by atoms with Crippen LogP contribution in [0.4, 0.5) is 5.69 Å². The lowest BCUT2D eigenvalue weighted by atomic mass is 10.1. The zero-order valence-corrected chi connectivity index (χ0v) is 16.5. The summed E-state index contributed by atoms with van der Waals surface area (Å²) in [7, 11) is 1.41. The molecular formula is C20H20ClNO6. The quantitative estimate of drug-likeness (QED) is 0.535. The highest BCUT2D eigenvalue weighted by Crippen LogP contribution is 2.28. The standard InChI is InChI=1S/C20H20ClNO6/c1-12-6-13(2)20(15(21)7-12)22-18(24)10-28-19(25)11-27-16-5-4-14(9-23)8-17(16)26-3/h4-9H,10-11H2,1-3H3,(H,22,24). The topological polar surface area (TPSA) is 90.9 Å². The normalized spacial score (nSPS) is 10.1. The van der Waals surface area contributed by atoms with Crippen molar-refractivity contribution in [2.24, 2.45) is 0 Å². The molecule has 0 aliphatic rings. The predicted octanol–water partition coefficient (Wildman–Crippen LogP) is 3.34. The van der Waals surface area contributed by atoms with E-state index in [4.69, 9.17) is 25.8 Å². The second kappa shape index (κ2) is 9.75. The van der Waals surface area contributed by atoms with Gasteiger partial charge in [0.1, 0.15) is 6.29 Å². The van der Waals surface area contributed by atoms with E-state index in [0.717, 1.165) is 11.1 Å². The number of hydrogen-bond acceptors (Lipinski definition) is 6. The first-order valence-corrected chi connectivity index (χ1v) is 8.70. The Morgan fingerprint density at radius 3 is 2.50 bits per heavy atom. The van der Waals surface area contributed by atoms with Crippen LogP contribution in [-0.2, 0) is 14.3 Å². The van der Waals surface area contributed by atoms with Gasteiger partial charge in [0.15, 0.2) is 24.7 Å². The van der Waals surface area contributed by atoms with E-state index in [1.54, 1.807) is 6.07 Å². The van der Waals surface area contributed by atoms with Crippen LogP contribution in [0, 0.1) is 13.8 Å². The molecule has 1 amide bonds. The molecule has 0 spiro atoms. The van der Waals surface area contributed by atoms with Crippen LogP contribution in [0.1, 0.15) is 21.5 Å². The molecule has 0 saturated carbocycles. The number of anilines is 1. The van der Waals surface area contributed by atoms with Crippen molar-refractivity contribution in [3.8, 4) is 11.5 Å². The van der Waals surface area contributed by atoms with E-state index in [-0.39, 0.29) is 5.75 Å². The van der Waals surface area contributed by atoms with Crippen LogP contribution in [0.25, 0.3) is 0 Å². The largest absolute Gasteiger partial charge is 0.493 e. The number of methoxy groups -OCH3 is 1. The Hall–Kier alpha value is -3.06. The second-order valence-electron chi connectivity index (χ2n) is 5.96.